The number of benzene rings is 1. The molecule has 2 aromatic heterocycles. The summed E-state index contributed by atoms with van der Waals surface area (Å²) >= 11 is 3.62. The number of aromatic nitrogens is 3. The average Bonchev–Trinajstić information content (AvgIpc) is 2.72. The Morgan fingerprint density at radius 1 is 1.10 bits per heavy atom. The van der Waals surface area contributed by atoms with Crippen molar-refractivity contribution in [3.8, 4) is 0 Å². The summed E-state index contributed by atoms with van der Waals surface area (Å²) in [7, 11) is 2.01. The molecule has 4 heteroatoms. The first kappa shape index (κ1) is 13.3. The monoisotopic (exact) mass is 329 g/mol. The zero-order chi connectivity index (χ0) is 14.1. The quantitative estimate of drug-likeness (QED) is 0.731. The summed E-state index contributed by atoms with van der Waals surface area (Å²) in [5.74, 6) is 0.828. The highest BCUT2D eigenvalue weighted by Gasteiger charge is 2.13. The first-order valence-electron chi connectivity index (χ1n) is 6.67. The molecule has 3 aromatic rings. The van der Waals surface area contributed by atoms with Gasteiger partial charge < -0.3 is 4.57 Å². The number of halogens is 1. The van der Waals surface area contributed by atoms with Gasteiger partial charge in [0, 0.05) is 17.7 Å². The Hall–Kier alpha value is -1.68. The second kappa shape index (κ2) is 5.37. The summed E-state index contributed by atoms with van der Waals surface area (Å²) in [6, 6.07) is 10.5. The molecular formula is C16H16BrN3. The van der Waals surface area contributed by atoms with Crippen molar-refractivity contribution >= 4 is 27.0 Å². The van der Waals surface area contributed by atoms with Crippen molar-refractivity contribution in [3.63, 3.8) is 0 Å². The van der Waals surface area contributed by atoms with Gasteiger partial charge in [-0.1, -0.05) is 30.3 Å². The third-order valence-electron chi connectivity index (χ3n) is 3.45. The molecule has 0 spiro atoms. The van der Waals surface area contributed by atoms with E-state index in [9.17, 15) is 0 Å². The van der Waals surface area contributed by atoms with Crippen LogP contribution < -0.4 is 0 Å². The van der Waals surface area contributed by atoms with Crippen LogP contribution >= 0.6 is 15.9 Å². The molecule has 0 unspecified atom stereocenters. The topological polar surface area (TPSA) is 30.7 Å². The molecule has 0 aliphatic rings. The fraction of sp³-hybridized carbons (Fsp3) is 0.250. The molecule has 0 N–H and O–H groups in total. The molecule has 0 amide bonds. The van der Waals surface area contributed by atoms with Crippen LogP contribution in [0.25, 0.3) is 11.0 Å². The lowest BCUT2D eigenvalue weighted by atomic mass is 10.1. The van der Waals surface area contributed by atoms with E-state index in [1.165, 1.54) is 5.56 Å². The summed E-state index contributed by atoms with van der Waals surface area (Å²) < 4.78 is 3.11. The first-order chi connectivity index (χ1) is 9.65. The van der Waals surface area contributed by atoms with E-state index >= 15 is 0 Å². The van der Waals surface area contributed by atoms with Crippen molar-refractivity contribution in [2.24, 2.45) is 7.05 Å². The van der Waals surface area contributed by atoms with E-state index in [0.29, 0.717) is 0 Å². The van der Waals surface area contributed by atoms with Crippen LogP contribution in [0, 0.1) is 6.92 Å². The van der Waals surface area contributed by atoms with Crippen LogP contribution in [0.5, 0.6) is 0 Å². The molecule has 0 saturated heterocycles. The summed E-state index contributed by atoms with van der Waals surface area (Å²) in [6.07, 6.45) is 3.96. The Morgan fingerprint density at radius 2 is 1.85 bits per heavy atom. The number of rotatable bonds is 3. The maximum Gasteiger partial charge on any atom is 0.144 e. The zero-order valence-electron chi connectivity index (χ0n) is 11.6. The van der Waals surface area contributed by atoms with Gasteiger partial charge in [0.15, 0.2) is 0 Å². The molecule has 0 aliphatic heterocycles. The van der Waals surface area contributed by atoms with E-state index in [1.807, 2.05) is 30.8 Å². The Bertz CT molecular complexity index is 747. The maximum absolute atomic E-state index is 4.64. The second-order valence-electron chi connectivity index (χ2n) is 4.99. The predicted molar refractivity (Wildman–Crippen MR) is 84.8 cm³/mol. The van der Waals surface area contributed by atoms with Gasteiger partial charge >= 0.3 is 0 Å². The smallest absolute Gasteiger partial charge is 0.144 e. The standard InChI is InChI=1S/C16H16BrN3/c1-11-18-14(9-8-12-6-4-3-5-7-12)15-13(17)10-20(2)16(15)19-11/h3-7,10H,8-9H2,1-2H3. The van der Waals surface area contributed by atoms with Crippen LogP contribution in [0.2, 0.25) is 0 Å². The molecule has 20 heavy (non-hydrogen) atoms. The van der Waals surface area contributed by atoms with Gasteiger partial charge in [-0.3, -0.25) is 0 Å². The summed E-state index contributed by atoms with van der Waals surface area (Å²) in [5, 5.41) is 1.13. The Balaban J connectivity index is 1.98. The van der Waals surface area contributed by atoms with Crippen LogP contribution in [0.3, 0.4) is 0 Å². The van der Waals surface area contributed by atoms with Gasteiger partial charge in [-0.2, -0.15) is 0 Å². The molecule has 0 fully saturated rings. The molecule has 2 heterocycles. The first-order valence-corrected chi connectivity index (χ1v) is 7.46. The van der Waals surface area contributed by atoms with E-state index in [4.69, 9.17) is 0 Å². The minimum atomic E-state index is 0.828. The number of hydrogen-bond donors (Lipinski definition) is 0. The summed E-state index contributed by atoms with van der Waals surface area (Å²) in [5.41, 5.74) is 3.44. The number of nitrogens with zero attached hydrogens (tertiary/aromatic N) is 3. The van der Waals surface area contributed by atoms with Gasteiger partial charge in [0.2, 0.25) is 0 Å². The van der Waals surface area contributed by atoms with Crippen molar-refractivity contribution in [3.05, 3.63) is 58.1 Å². The van der Waals surface area contributed by atoms with Crippen LogP contribution in [0.4, 0.5) is 0 Å². The fourth-order valence-corrected chi connectivity index (χ4v) is 3.21. The Kier molecular flexibility index (Phi) is 3.57. The molecule has 1 aromatic carbocycles. The van der Waals surface area contributed by atoms with Gasteiger partial charge in [-0.15, -0.1) is 0 Å². The molecule has 0 radical (unpaired) electrons. The summed E-state index contributed by atoms with van der Waals surface area (Å²) in [6.45, 7) is 1.95. The number of hydrogen-bond acceptors (Lipinski definition) is 2. The number of aryl methyl sites for hydroxylation is 4. The average molecular weight is 330 g/mol. The summed E-state index contributed by atoms with van der Waals surface area (Å²) in [4.78, 5) is 9.17. The second-order valence-corrected chi connectivity index (χ2v) is 5.84. The van der Waals surface area contributed by atoms with Crippen LogP contribution in [0.15, 0.2) is 41.0 Å². The van der Waals surface area contributed by atoms with Crippen LogP contribution in [-0.4, -0.2) is 14.5 Å². The highest BCUT2D eigenvalue weighted by molar-refractivity contribution is 9.10. The van der Waals surface area contributed by atoms with Crippen LogP contribution in [-0.2, 0) is 19.9 Å². The maximum atomic E-state index is 4.64. The minimum Gasteiger partial charge on any atom is -0.334 e. The molecule has 0 aliphatic carbocycles. The lowest BCUT2D eigenvalue weighted by molar-refractivity contribution is 0.883. The van der Waals surface area contributed by atoms with Crippen molar-refractivity contribution in [1.29, 1.82) is 0 Å². The van der Waals surface area contributed by atoms with E-state index in [-0.39, 0.29) is 0 Å². The van der Waals surface area contributed by atoms with Crippen LogP contribution in [0.1, 0.15) is 17.1 Å². The Labute approximate surface area is 126 Å². The molecule has 102 valence electrons. The lowest BCUT2D eigenvalue weighted by Crippen LogP contribution is -2.01. The zero-order valence-corrected chi connectivity index (χ0v) is 13.2. The lowest BCUT2D eigenvalue weighted by Gasteiger charge is -2.06. The van der Waals surface area contributed by atoms with Gasteiger partial charge in [0.25, 0.3) is 0 Å². The van der Waals surface area contributed by atoms with Gasteiger partial charge in [0.05, 0.1) is 11.1 Å². The molecule has 0 atom stereocenters. The van der Waals surface area contributed by atoms with E-state index in [2.05, 4.69) is 50.2 Å². The highest BCUT2D eigenvalue weighted by atomic mass is 79.9. The fourth-order valence-electron chi connectivity index (χ4n) is 2.50. The normalized spacial score (nSPS) is 11.2. The molecular weight excluding hydrogens is 314 g/mol. The van der Waals surface area contributed by atoms with Crippen molar-refractivity contribution in [2.45, 2.75) is 19.8 Å². The largest absolute Gasteiger partial charge is 0.334 e. The van der Waals surface area contributed by atoms with Crippen molar-refractivity contribution in [2.75, 3.05) is 0 Å². The van der Waals surface area contributed by atoms with Gasteiger partial charge in [0.1, 0.15) is 11.5 Å². The van der Waals surface area contributed by atoms with E-state index in [0.717, 1.165) is 39.9 Å². The van der Waals surface area contributed by atoms with Crippen molar-refractivity contribution in [1.82, 2.24) is 14.5 Å². The Morgan fingerprint density at radius 3 is 2.60 bits per heavy atom. The minimum absolute atomic E-state index is 0.828. The molecule has 3 rings (SSSR count). The SMILES string of the molecule is Cc1nc(CCc2ccccc2)c2c(Br)cn(C)c2n1. The number of fused-ring (bicyclic) bond motifs is 1. The van der Waals surface area contributed by atoms with Crippen molar-refractivity contribution < 1.29 is 0 Å². The molecule has 3 nitrogen and oxygen atoms in total. The molecule has 0 saturated carbocycles. The van der Waals surface area contributed by atoms with Gasteiger partial charge in [-0.25, -0.2) is 9.97 Å². The van der Waals surface area contributed by atoms with Gasteiger partial charge in [-0.05, 0) is 41.3 Å². The van der Waals surface area contributed by atoms with E-state index in [1.54, 1.807) is 0 Å². The predicted octanol–water partition coefficient (Wildman–Crippen LogP) is 3.82. The van der Waals surface area contributed by atoms with E-state index < -0.39 is 0 Å². The highest BCUT2D eigenvalue weighted by Crippen LogP contribution is 2.27. The third kappa shape index (κ3) is 2.48. The molecule has 0 bridgehead atoms. The third-order valence-corrected chi connectivity index (χ3v) is 4.05.